The van der Waals surface area contributed by atoms with Crippen LogP contribution in [0.2, 0.25) is 0 Å². The standard InChI is InChI=1S/C18H19N7O/c1-3-6-13-11-16(25-15(22-13)8-10-20-25)21-12(2)18-23-17(24-26-18)14-7-4-5-9-19-14/h4-5,7-12,21H,3,6H2,1-2H3. The highest BCUT2D eigenvalue weighted by molar-refractivity contribution is 5.50. The zero-order valence-corrected chi connectivity index (χ0v) is 14.6. The number of nitrogens with zero attached hydrogens (tertiary/aromatic N) is 6. The second kappa shape index (κ2) is 6.91. The smallest absolute Gasteiger partial charge is 0.249 e. The predicted molar refractivity (Wildman–Crippen MR) is 96.5 cm³/mol. The lowest BCUT2D eigenvalue weighted by Gasteiger charge is -2.13. The Morgan fingerprint density at radius 3 is 2.92 bits per heavy atom. The first kappa shape index (κ1) is 16.2. The quantitative estimate of drug-likeness (QED) is 0.571. The number of pyridine rings is 1. The number of fused-ring (bicyclic) bond motifs is 1. The highest BCUT2D eigenvalue weighted by atomic mass is 16.5. The van der Waals surface area contributed by atoms with Crippen molar-refractivity contribution in [3.63, 3.8) is 0 Å². The molecule has 0 fully saturated rings. The van der Waals surface area contributed by atoms with E-state index in [4.69, 9.17) is 4.52 Å². The zero-order valence-electron chi connectivity index (χ0n) is 14.6. The molecule has 1 unspecified atom stereocenters. The predicted octanol–water partition coefficient (Wildman–Crippen LogP) is 3.30. The third-order valence-electron chi connectivity index (χ3n) is 3.99. The van der Waals surface area contributed by atoms with E-state index in [0.29, 0.717) is 17.4 Å². The van der Waals surface area contributed by atoms with Gasteiger partial charge in [0.2, 0.25) is 11.7 Å². The molecule has 0 aliphatic heterocycles. The van der Waals surface area contributed by atoms with Crippen LogP contribution in [0.1, 0.15) is 37.9 Å². The Kier molecular flexibility index (Phi) is 4.30. The van der Waals surface area contributed by atoms with E-state index in [1.807, 2.05) is 37.3 Å². The second-order valence-electron chi connectivity index (χ2n) is 6.02. The summed E-state index contributed by atoms with van der Waals surface area (Å²) in [6.45, 7) is 4.10. The molecule has 8 heteroatoms. The van der Waals surface area contributed by atoms with Gasteiger partial charge in [-0.05, 0) is 25.5 Å². The van der Waals surface area contributed by atoms with Crippen LogP contribution in [0.25, 0.3) is 17.2 Å². The minimum absolute atomic E-state index is 0.191. The first-order chi connectivity index (χ1) is 12.7. The van der Waals surface area contributed by atoms with E-state index in [1.54, 1.807) is 16.9 Å². The molecule has 0 bridgehead atoms. The van der Waals surface area contributed by atoms with Gasteiger partial charge in [0, 0.05) is 24.0 Å². The SMILES string of the molecule is CCCc1cc(NC(C)c2nc(-c3ccccn3)no2)n2nccc2n1. The largest absolute Gasteiger partial charge is 0.358 e. The van der Waals surface area contributed by atoms with Gasteiger partial charge in [-0.25, -0.2) is 4.98 Å². The van der Waals surface area contributed by atoms with Crippen molar-refractivity contribution in [3.05, 3.63) is 54.3 Å². The highest BCUT2D eigenvalue weighted by Crippen LogP contribution is 2.22. The number of nitrogens with one attached hydrogen (secondary N) is 1. The van der Waals surface area contributed by atoms with Gasteiger partial charge in [0.25, 0.3) is 0 Å². The monoisotopic (exact) mass is 349 g/mol. The fourth-order valence-electron chi connectivity index (χ4n) is 2.75. The molecule has 0 radical (unpaired) electrons. The molecule has 4 aromatic rings. The van der Waals surface area contributed by atoms with Gasteiger partial charge in [-0.2, -0.15) is 14.6 Å². The van der Waals surface area contributed by atoms with Crippen LogP contribution in [-0.2, 0) is 6.42 Å². The van der Waals surface area contributed by atoms with Crippen LogP contribution in [0.4, 0.5) is 5.82 Å². The van der Waals surface area contributed by atoms with Gasteiger partial charge in [-0.1, -0.05) is 24.6 Å². The van der Waals surface area contributed by atoms with Crippen molar-refractivity contribution in [2.24, 2.45) is 0 Å². The summed E-state index contributed by atoms with van der Waals surface area (Å²) < 4.78 is 7.18. The molecule has 1 N–H and O–H groups in total. The highest BCUT2D eigenvalue weighted by Gasteiger charge is 2.17. The summed E-state index contributed by atoms with van der Waals surface area (Å²) in [4.78, 5) is 13.3. The molecule has 26 heavy (non-hydrogen) atoms. The maximum atomic E-state index is 5.42. The van der Waals surface area contributed by atoms with E-state index in [9.17, 15) is 0 Å². The minimum atomic E-state index is -0.191. The van der Waals surface area contributed by atoms with E-state index in [1.165, 1.54) is 0 Å². The minimum Gasteiger partial charge on any atom is -0.358 e. The Morgan fingerprint density at radius 2 is 2.12 bits per heavy atom. The number of aromatic nitrogens is 6. The summed E-state index contributed by atoms with van der Waals surface area (Å²) in [6, 6.07) is 9.29. The lowest BCUT2D eigenvalue weighted by Crippen LogP contribution is -2.12. The van der Waals surface area contributed by atoms with Gasteiger partial charge in [0.1, 0.15) is 17.6 Å². The number of hydrogen-bond acceptors (Lipinski definition) is 7. The summed E-state index contributed by atoms with van der Waals surface area (Å²) in [5, 5.41) is 11.8. The molecule has 0 aliphatic carbocycles. The summed E-state index contributed by atoms with van der Waals surface area (Å²) in [6.07, 6.45) is 5.38. The van der Waals surface area contributed by atoms with E-state index in [0.717, 1.165) is 30.0 Å². The van der Waals surface area contributed by atoms with Crippen LogP contribution < -0.4 is 5.32 Å². The van der Waals surface area contributed by atoms with Crippen molar-refractivity contribution >= 4 is 11.5 Å². The van der Waals surface area contributed by atoms with E-state index in [-0.39, 0.29) is 6.04 Å². The second-order valence-corrected chi connectivity index (χ2v) is 6.02. The van der Waals surface area contributed by atoms with Crippen molar-refractivity contribution in [3.8, 4) is 11.5 Å². The average Bonchev–Trinajstić information content (AvgIpc) is 3.32. The summed E-state index contributed by atoms with van der Waals surface area (Å²) in [5.41, 5.74) is 2.51. The van der Waals surface area contributed by atoms with Crippen LogP contribution in [0, 0.1) is 0 Å². The van der Waals surface area contributed by atoms with Crippen LogP contribution >= 0.6 is 0 Å². The van der Waals surface area contributed by atoms with Crippen molar-refractivity contribution in [2.75, 3.05) is 5.32 Å². The molecule has 0 saturated heterocycles. The number of aryl methyl sites for hydroxylation is 1. The van der Waals surface area contributed by atoms with Gasteiger partial charge in [-0.15, -0.1) is 0 Å². The molecule has 8 nitrogen and oxygen atoms in total. The fraction of sp³-hybridized carbons (Fsp3) is 0.278. The number of anilines is 1. The first-order valence-electron chi connectivity index (χ1n) is 8.60. The van der Waals surface area contributed by atoms with Crippen molar-refractivity contribution in [2.45, 2.75) is 32.7 Å². The maximum Gasteiger partial charge on any atom is 0.249 e. The van der Waals surface area contributed by atoms with Crippen molar-refractivity contribution < 1.29 is 4.52 Å². The first-order valence-corrected chi connectivity index (χ1v) is 8.60. The fourth-order valence-corrected chi connectivity index (χ4v) is 2.75. The average molecular weight is 349 g/mol. The molecule has 1 atom stereocenters. The van der Waals surface area contributed by atoms with E-state index < -0.39 is 0 Å². The molecular formula is C18H19N7O. The molecule has 4 heterocycles. The van der Waals surface area contributed by atoms with E-state index in [2.05, 4.69) is 37.4 Å². The Labute approximate surface area is 150 Å². The topological polar surface area (TPSA) is 94.0 Å². The number of rotatable bonds is 6. The number of hydrogen-bond donors (Lipinski definition) is 1. The Hall–Kier alpha value is -3.29. The van der Waals surface area contributed by atoms with E-state index >= 15 is 0 Å². The lowest BCUT2D eigenvalue weighted by molar-refractivity contribution is 0.367. The molecule has 0 aromatic carbocycles. The summed E-state index contributed by atoms with van der Waals surface area (Å²) in [7, 11) is 0. The van der Waals surface area contributed by atoms with Gasteiger partial charge < -0.3 is 9.84 Å². The summed E-state index contributed by atoms with van der Waals surface area (Å²) >= 11 is 0. The van der Waals surface area contributed by atoms with Crippen molar-refractivity contribution in [1.82, 2.24) is 29.7 Å². The van der Waals surface area contributed by atoms with Gasteiger partial charge >= 0.3 is 0 Å². The van der Waals surface area contributed by atoms with Crippen LogP contribution in [0.15, 0.2) is 47.2 Å². The van der Waals surface area contributed by atoms with Crippen LogP contribution in [0.3, 0.4) is 0 Å². The van der Waals surface area contributed by atoms with Crippen LogP contribution in [-0.4, -0.2) is 29.7 Å². The zero-order chi connectivity index (χ0) is 17.9. The molecule has 4 rings (SSSR count). The normalized spacial score (nSPS) is 12.4. The molecule has 4 aromatic heterocycles. The molecule has 0 saturated carbocycles. The van der Waals surface area contributed by atoms with Gasteiger partial charge in [0.15, 0.2) is 5.65 Å². The molecular weight excluding hydrogens is 330 g/mol. The summed E-state index contributed by atoms with van der Waals surface area (Å²) in [5.74, 6) is 1.80. The van der Waals surface area contributed by atoms with Gasteiger partial charge in [0.05, 0.1) is 6.20 Å². The van der Waals surface area contributed by atoms with Gasteiger partial charge in [-0.3, -0.25) is 4.98 Å². The molecule has 0 amide bonds. The third-order valence-corrected chi connectivity index (χ3v) is 3.99. The Bertz CT molecular complexity index is 1010. The molecule has 0 aliphatic rings. The Morgan fingerprint density at radius 1 is 1.19 bits per heavy atom. The third kappa shape index (κ3) is 3.13. The van der Waals surface area contributed by atoms with Crippen LogP contribution in [0.5, 0.6) is 0 Å². The lowest BCUT2D eigenvalue weighted by atomic mass is 10.2. The maximum absolute atomic E-state index is 5.42. The molecule has 132 valence electrons. The molecule has 0 spiro atoms. The van der Waals surface area contributed by atoms with Crippen molar-refractivity contribution in [1.29, 1.82) is 0 Å². The Balaban J connectivity index is 1.60.